The molecule has 3 nitrogen and oxygen atoms in total. The number of aromatic nitrogens is 2. The highest BCUT2D eigenvalue weighted by atomic mass is 32.1. The fourth-order valence-electron chi connectivity index (χ4n) is 8.04. The topological polar surface area (TPSA) is 38.9 Å². The number of benzene rings is 8. The fraction of sp³-hybridized carbons (Fsp3) is 0. The number of hydrogen-bond donors (Lipinski definition) is 0. The van der Waals surface area contributed by atoms with Crippen molar-refractivity contribution in [2.24, 2.45) is 0 Å². The molecule has 0 aliphatic rings. The number of furan rings is 1. The lowest BCUT2D eigenvalue weighted by molar-refractivity contribution is 0.670. The van der Waals surface area contributed by atoms with Gasteiger partial charge in [-0.15, -0.1) is 11.3 Å². The standard InChI is InChI=1S/C52H32N2OS/c1-3-13-33(14-4-1)38-17-7-8-18-41(38)46-32-45(53-52(54-46)36-15-5-2-6-16-36)35-25-23-34(24-26-35)40-30-29-39(50-44-20-9-11-21-47(44)55-51(40)50)37-27-28-43-42-19-10-12-22-48(42)56-49(43)31-37/h1-32H. The molecular formula is C52H32N2OS. The summed E-state index contributed by atoms with van der Waals surface area (Å²) in [6.45, 7) is 0. The van der Waals surface area contributed by atoms with Crippen molar-refractivity contribution in [3.05, 3.63) is 194 Å². The Morgan fingerprint density at radius 2 is 0.946 bits per heavy atom. The number of thiophene rings is 1. The van der Waals surface area contributed by atoms with Gasteiger partial charge in [0, 0.05) is 53.2 Å². The Kier molecular flexibility index (Phi) is 7.68. The highest BCUT2D eigenvalue weighted by Crippen LogP contribution is 2.44. The van der Waals surface area contributed by atoms with Crippen LogP contribution in [0.15, 0.2) is 199 Å². The molecule has 56 heavy (non-hydrogen) atoms. The fourth-order valence-corrected chi connectivity index (χ4v) is 9.18. The smallest absolute Gasteiger partial charge is 0.160 e. The molecule has 0 unspecified atom stereocenters. The van der Waals surface area contributed by atoms with E-state index in [4.69, 9.17) is 14.4 Å². The van der Waals surface area contributed by atoms with E-state index < -0.39 is 0 Å². The number of rotatable bonds is 6. The largest absolute Gasteiger partial charge is 0.455 e. The molecule has 262 valence electrons. The second kappa shape index (κ2) is 13.3. The first kappa shape index (κ1) is 32.3. The van der Waals surface area contributed by atoms with Crippen LogP contribution in [0.5, 0.6) is 0 Å². The first-order valence-electron chi connectivity index (χ1n) is 18.8. The molecule has 4 heteroatoms. The van der Waals surface area contributed by atoms with Gasteiger partial charge >= 0.3 is 0 Å². The van der Waals surface area contributed by atoms with Crippen molar-refractivity contribution in [2.75, 3.05) is 0 Å². The number of fused-ring (bicyclic) bond motifs is 6. The summed E-state index contributed by atoms with van der Waals surface area (Å²) in [5, 5.41) is 4.85. The molecule has 11 rings (SSSR count). The molecular weight excluding hydrogens is 701 g/mol. The molecule has 3 heterocycles. The van der Waals surface area contributed by atoms with E-state index in [-0.39, 0.29) is 0 Å². The summed E-state index contributed by atoms with van der Waals surface area (Å²) in [5.41, 5.74) is 13.3. The number of nitrogens with zero attached hydrogens (tertiary/aromatic N) is 2. The molecule has 0 N–H and O–H groups in total. The summed E-state index contributed by atoms with van der Waals surface area (Å²) in [6, 6.07) is 68.3. The van der Waals surface area contributed by atoms with Crippen LogP contribution in [0.25, 0.3) is 109 Å². The van der Waals surface area contributed by atoms with E-state index in [1.54, 1.807) is 0 Å². The number of hydrogen-bond acceptors (Lipinski definition) is 4. The average Bonchev–Trinajstić information content (AvgIpc) is 3.85. The van der Waals surface area contributed by atoms with Crippen LogP contribution < -0.4 is 0 Å². The van der Waals surface area contributed by atoms with Crippen molar-refractivity contribution in [2.45, 2.75) is 0 Å². The minimum Gasteiger partial charge on any atom is -0.455 e. The summed E-state index contributed by atoms with van der Waals surface area (Å²) in [7, 11) is 0. The van der Waals surface area contributed by atoms with Crippen LogP contribution in [0.2, 0.25) is 0 Å². The van der Waals surface area contributed by atoms with E-state index in [1.165, 1.54) is 31.3 Å². The van der Waals surface area contributed by atoms with Crippen LogP contribution >= 0.6 is 11.3 Å². The van der Waals surface area contributed by atoms with Gasteiger partial charge in [0.15, 0.2) is 5.82 Å². The molecule has 0 radical (unpaired) electrons. The molecule has 0 spiro atoms. The zero-order chi connectivity index (χ0) is 37.0. The van der Waals surface area contributed by atoms with E-state index in [9.17, 15) is 0 Å². The van der Waals surface area contributed by atoms with Gasteiger partial charge in [0.25, 0.3) is 0 Å². The third kappa shape index (κ3) is 5.50. The first-order chi connectivity index (χ1) is 27.7. The lowest BCUT2D eigenvalue weighted by atomic mass is 9.93. The van der Waals surface area contributed by atoms with Crippen LogP contribution in [0.4, 0.5) is 0 Å². The van der Waals surface area contributed by atoms with Crippen molar-refractivity contribution in [3.63, 3.8) is 0 Å². The van der Waals surface area contributed by atoms with Gasteiger partial charge in [0.1, 0.15) is 11.2 Å². The lowest BCUT2D eigenvalue weighted by Crippen LogP contribution is -1.97. The van der Waals surface area contributed by atoms with Crippen molar-refractivity contribution < 1.29 is 4.42 Å². The monoisotopic (exact) mass is 732 g/mol. The Morgan fingerprint density at radius 3 is 1.77 bits per heavy atom. The lowest BCUT2D eigenvalue weighted by Gasteiger charge is -2.13. The number of para-hydroxylation sites is 1. The van der Waals surface area contributed by atoms with Crippen molar-refractivity contribution >= 4 is 53.4 Å². The second-order valence-corrected chi connectivity index (χ2v) is 15.2. The average molecular weight is 733 g/mol. The van der Waals surface area contributed by atoms with Gasteiger partial charge in [-0.25, -0.2) is 9.97 Å². The highest BCUT2D eigenvalue weighted by molar-refractivity contribution is 7.25. The first-order valence-corrected chi connectivity index (χ1v) is 19.6. The van der Waals surface area contributed by atoms with Crippen molar-refractivity contribution in [3.8, 4) is 67.3 Å². The molecule has 8 aromatic carbocycles. The molecule has 0 amide bonds. The summed E-state index contributed by atoms with van der Waals surface area (Å²) in [6.07, 6.45) is 0. The maximum atomic E-state index is 6.71. The zero-order valence-corrected chi connectivity index (χ0v) is 31.0. The third-order valence-corrected chi connectivity index (χ3v) is 11.9. The summed E-state index contributed by atoms with van der Waals surface area (Å²) in [5.74, 6) is 0.693. The maximum absolute atomic E-state index is 6.71. The van der Waals surface area contributed by atoms with Gasteiger partial charge in [-0.2, -0.15) is 0 Å². The summed E-state index contributed by atoms with van der Waals surface area (Å²) >= 11 is 1.85. The molecule has 3 aromatic heterocycles. The molecule has 0 bridgehead atoms. The normalized spacial score (nSPS) is 11.6. The Bertz CT molecular complexity index is 3240. The quantitative estimate of drug-likeness (QED) is 0.171. The van der Waals surface area contributed by atoms with E-state index in [2.05, 4.69) is 164 Å². The van der Waals surface area contributed by atoms with Crippen LogP contribution in [-0.4, -0.2) is 9.97 Å². The summed E-state index contributed by atoms with van der Waals surface area (Å²) < 4.78 is 9.31. The molecule has 0 fully saturated rings. The molecule has 0 saturated carbocycles. The van der Waals surface area contributed by atoms with Crippen LogP contribution in [0.3, 0.4) is 0 Å². The van der Waals surface area contributed by atoms with Gasteiger partial charge < -0.3 is 4.42 Å². The van der Waals surface area contributed by atoms with Gasteiger partial charge in [-0.1, -0.05) is 164 Å². The SMILES string of the molecule is c1ccc(-c2nc(-c3ccc(-c4ccc(-c5ccc6c(c5)sc5ccccc56)c5c4oc4ccccc45)cc3)cc(-c3ccccc3-c3ccccc3)n2)cc1. The molecule has 0 atom stereocenters. The maximum Gasteiger partial charge on any atom is 0.160 e. The third-order valence-electron chi connectivity index (χ3n) is 10.8. The molecule has 11 aromatic rings. The minimum absolute atomic E-state index is 0.693. The Balaban J connectivity index is 1.03. The van der Waals surface area contributed by atoms with Gasteiger partial charge in [0.05, 0.1) is 11.4 Å². The second-order valence-electron chi connectivity index (χ2n) is 14.1. The molecule has 0 aliphatic heterocycles. The van der Waals surface area contributed by atoms with Crippen LogP contribution in [-0.2, 0) is 0 Å². The van der Waals surface area contributed by atoms with Crippen molar-refractivity contribution in [1.82, 2.24) is 9.97 Å². The Morgan fingerprint density at radius 1 is 0.357 bits per heavy atom. The van der Waals surface area contributed by atoms with Crippen LogP contribution in [0.1, 0.15) is 0 Å². The predicted octanol–water partition coefficient (Wildman–Crippen LogP) is 14.7. The highest BCUT2D eigenvalue weighted by Gasteiger charge is 2.19. The van der Waals surface area contributed by atoms with Gasteiger partial charge in [-0.05, 0) is 58.1 Å². The Labute approximate surface area is 327 Å². The van der Waals surface area contributed by atoms with E-state index in [1.807, 2.05) is 41.7 Å². The molecule has 0 saturated heterocycles. The molecule has 0 aliphatic carbocycles. The van der Waals surface area contributed by atoms with Crippen LogP contribution in [0, 0.1) is 0 Å². The van der Waals surface area contributed by atoms with Gasteiger partial charge in [-0.3, -0.25) is 0 Å². The van der Waals surface area contributed by atoms with E-state index in [0.717, 1.165) is 72.3 Å². The Hall–Kier alpha value is -7.14. The van der Waals surface area contributed by atoms with E-state index in [0.29, 0.717) is 5.82 Å². The minimum atomic E-state index is 0.693. The predicted molar refractivity (Wildman–Crippen MR) is 235 cm³/mol. The summed E-state index contributed by atoms with van der Waals surface area (Å²) in [4.78, 5) is 10.3. The zero-order valence-electron chi connectivity index (χ0n) is 30.2. The van der Waals surface area contributed by atoms with Gasteiger partial charge in [0.2, 0.25) is 0 Å². The van der Waals surface area contributed by atoms with E-state index >= 15 is 0 Å². The van der Waals surface area contributed by atoms with Crippen molar-refractivity contribution in [1.29, 1.82) is 0 Å².